The van der Waals surface area contributed by atoms with Crippen LogP contribution in [0.5, 0.6) is 0 Å². The van der Waals surface area contributed by atoms with E-state index in [0.29, 0.717) is 12.2 Å². The Bertz CT molecular complexity index is 705. The summed E-state index contributed by atoms with van der Waals surface area (Å²) in [6, 6.07) is 3.64. The molecule has 0 aromatic carbocycles. The summed E-state index contributed by atoms with van der Waals surface area (Å²) in [7, 11) is 0. The number of tetrazole rings is 1. The van der Waals surface area contributed by atoms with Gasteiger partial charge in [-0.05, 0) is 34.3 Å². The van der Waals surface area contributed by atoms with Crippen LogP contribution in [0.25, 0.3) is 5.65 Å². The maximum atomic E-state index is 4.25. The van der Waals surface area contributed by atoms with Gasteiger partial charge in [-0.3, -0.25) is 0 Å². The van der Waals surface area contributed by atoms with Crippen LogP contribution in [0.4, 0.5) is 5.13 Å². The van der Waals surface area contributed by atoms with Crippen LogP contribution in [0.3, 0.4) is 0 Å². The van der Waals surface area contributed by atoms with Gasteiger partial charge in [0.25, 0.3) is 0 Å². The smallest absolute Gasteiger partial charge is 0.206 e. The van der Waals surface area contributed by atoms with Crippen molar-refractivity contribution in [2.24, 2.45) is 0 Å². The van der Waals surface area contributed by atoms with Crippen molar-refractivity contribution in [2.45, 2.75) is 9.37 Å². The fraction of sp³-hybridized carbons (Fsp3) is 0.111. The topological polar surface area (TPSA) is 93.8 Å². The fourth-order valence-corrected chi connectivity index (χ4v) is 2.92. The van der Waals surface area contributed by atoms with Gasteiger partial charge in [0, 0.05) is 6.54 Å². The van der Waals surface area contributed by atoms with E-state index in [4.69, 9.17) is 0 Å². The number of anilines is 1. The van der Waals surface area contributed by atoms with E-state index in [-0.39, 0.29) is 0 Å². The molecule has 0 radical (unpaired) electrons. The third-order valence-electron chi connectivity index (χ3n) is 2.04. The first-order valence-electron chi connectivity index (χ1n) is 5.27. The second kappa shape index (κ2) is 5.28. The van der Waals surface area contributed by atoms with E-state index in [1.807, 2.05) is 6.07 Å². The molecule has 0 amide bonds. The first kappa shape index (κ1) is 12.0. The van der Waals surface area contributed by atoms with E-state index in [2.05, 4.69) is 42.7 Å². The molecule has 0 spiro atoms. The Morgan fingerprint density at radius 1 is 1.37 bits per heavy atom. The van der Waals surface area contributed by atoms with E-state index in [1.54, 1.807) is 12.1 Å². The molecule has 0 saturated heterocycles. The molecule has 0 bridgehead atoms. The number of nitrogens with one attached hydrogen (secondary N) is 1. The van der Waals surface area contributed by atoms with Crippen LogP contribution in [-0.2, 0) is 0 Å². The van der Waals surface area contributed by atoms with Crippen LogP contribution in [0.15, 0.2) is 34.2 Å². The summed E-state index contributed by atoms with van der Waals surface area (Å²) in [6.45, 7) is 4.29. The molecule has 10 heteroatoms. The van der Waals surface area contributed by atoms with Crippen LogP contribution < -0.4 is 5.32 Å². The molecule has 0 atom stereocenters. The van der Waals surface area contributed by atoms with Gasteiger partial charge in [-0.25, -0.2) is 0 Å². The van der Waals surface area contributed by atoms with Crippen molar-refractivity contribution in [2.75, 3.05) is 11.9 Å². The number of hydrogen-bond donors (Lipinski definition) is 1. The maximum absolute atomic E-state index is 4.25. The average molecular weight is 292 g/mol. The summed E-state index contributed by atoms with van der Waals surface area (Å²) in [5.74, 6) is 0. The molecule has 0 saturated carbocycles. The largest absolute Gasteiger partial charge is 0.357 e. The number of nitrogens with zero attached hydrogens (tertiary/aromatic N) is 7. The van der Waals surface area contributed by atoms with Gasteiger partial charge in [0.2, 0.25) is 5.13 Å². The lowest BCUT2D eigenvalue weighted by molar-refractivity contribution is 0.702. The summed E-state index contributed by atoms with van der Waals surface area (Å²) in [4.78, 5) is 0. The average Bonchev–Trinajstić information content (AvgIpc) is 3.05. The van der Waals surface area contributed by atoms with Gasteiger partial charge in [0.05, 0.1) is 0 Å². The molecule has 3 heterocycles. The highest BCUT2D eigenvalue weighted by atomic mass is 32.2. The zero-order valence-electron chi connectivity index (χ0n) is 9.59. The van der Waals surface area contributed by atoms with Gasteiger partial charge >= 0.3 is 0 Å². The van der Waals surface area contributed by atoms with Gasteiger partial charge in [-0.15, -0.1) is 31.6 Å². The lowest BCUT2D eigenvalue weighted by Gasteiger charge is -1.95. The zero-order valence-corrected chi connectivity index (χ0v) is 11.2. The van der Waals surface area contributed by atoms with E-state index < -0.39 is 0 Å². The molecule has 19 heavy (non-hydrogen) atoms. The molecule has 0 fully saturated rings. The van der Waals surface area contributed by atoms with Crippen molar-refractivity contribution in [3.8, 4) is 0 Å². The van der Waals surface area contributed by atoms with Gasteiger partial charge in [-0.2, -0.15) is 0 Å². The minimum atomic E-state index is 0.606. The van der Waals surface area contributed by atoms with Crippen molar-refractivity contribution < 1.29 is 0 Å². The molecule has 0 unspecified atom stereocenters. The van der Waals surface area contributed by atoms with Crippen LogP contribution in [0.2, 0.25) is 0 Å². The molecule has 3 aromatic heterocycles. The summed E-state index contributed by atoms with van der Waals surface area (Å²) < 4.78 is 2.17. The summed E-state index contributed by atoms with van der Waals surface area (Å²) in [5, 5.41) is 28.0. The lowest BCUT2D eigenvalue weighted by Crippen LogP contribution is -1.96. The third kappa shape index (κ3) is 2.69. The lowest BCUT2D eigenvalue weighted by atomic mass is 10.6. The van der Waals surface area contributed by atoms with Gasteiger partial charge < -0.3 is 5.32 Å². The Morgan fingerprint density at radius 2 is 2.32 bits per heavy atom. The van der Waals surface area contributed by atoms with Crippen LogP contribution in [-0.4, -0.2) is 42.0 Å². The number of fused-ring (bicyclic) bond motifs is 1. The monoisotopic (exact) mass is 292 g/mol. The molecule has 8 nitrogen and oxygen atoms in total. The second-order valence-electron chi connectivity index (χ2n) is 3.34. The zero-order chi connectivity index (χ0) is 13.1. The van der Waals surface area contributed by atoms with Crippen LogP contribution >= 0.6 is 23.1 Å². The van der Waals surface area contributed by atoms with Crippen molar-refractivity contribution >= 4 is 33.9 Å². The Morgan fingerprint density at radius 3 is 3.21 bits per heavy atom. The first-order valence-corrected chi connectivity index (χ1v) is 6.90. The van der Waals surface area contributed by atoms with Crippen molar-refractivity contribution in [3.05, 3.63) is 24.8 Å². The first-order chi connectivity index (χ1) is 9.35. The molecule has 96 valence electrons. The minimum absolute atomic E-state index is 0.606. The molecule has 0 aliphatic heterocycles. The Balaban J connectivity index is 1.76. The van der Waals surface area contributed by atoms with Crippen molar-refractivity contribution in [1.82, 2.24) is 35.5 Å². The molecule has 0 aliphatic carbocycles. The maximum Gasteiger partial charge on any atom is 0.206 e. The third-order valence-corrected chi connectivity index (χ3v) is 3.90. The summed E-state index contributed by atoms with van der Waals surface area (Å²) in [6.07, 6.45) is 1.77. The second-order valence-corrected chi connectivity index (χ2v) is 5.59. The number of rotatable bonds is 5. The molecular weight excluding hydrogens is 284 g/mol. The van der Waals surface area contributed by atoms with Gasteiger partial charge in [0.15, 0.2) is 9.99 Å². The number of hydrogen-bond acceptors (Lipinski definition) is 9. The standard InChI is InChI=1S/C9H8N8S2/c1-2-5-10-8-12-13-9(19-8)18-7-4-3-6-11-15-16-17(6)14-7/h2-4H,1,5H2,(H,10,12). The highest BCUT2D eigenvalue weighted by Gasteiger charge is 2.08. The minimum Gasteiger partial charge on any atom is -0.357 e. The molecular formula is C9H8N8S2. The molecule has 0 aliphatic rings. The highest BCUT2D eigenvalue weighted by Crippen LogP contribution is 2.30. The van der Waals surface area contributed by atoms with E-state index in [9.17, 15) is 0 Å². The van der Waals surface area contributed by atoms with E-state index >= 15 is 0 Å². The summed E-state index contributed by atoms with van der Waals surface area (Å²) >= 11 is 2.87. The molecule has 3 aromatic rings. The fourth-order valence-electron chi connectivity index (χ4n) is 1.26. The predicted octanol–water partition coefficient (Wildman–Crippen LogP) is 1.12. The normalized spacial score (nSPS) is 10.7. The number of aromatic nitrogens is 7. The Hall–Kier alpha value is -2.07. The van der Waals surface area contributed by atoms with Gasteiger partial charge in [0.1, 0.15) is 5.03 Å². The van der Waals surface area contributed by atoms with Crippen LogP contribution in [0, 0.1) is 0 Å². The Labute approximate surface area is 115 Å². The quantitative estimate of drug-likeness (QED) is 0.699. The van der Waals surface area contributed by atoms with Crippen molar-refractivity contribution in [1.29, 1.82) is 0 Å². The SMILES string of the molecule is C=CCNc1nnc(Sc2ccc3nnnn3n2)s1. The molecule has 1 N–H and O–H groups in total. The van der Waals surface area contributed by atoms with E-state index in [1.165, 1.54) is 27.7 Å². The van der Waals surface area contributed by atoms with E-state index in [0.717, 1.165) is 14.5 Å². The van der Waals surface area contributed by atoms with Gasteiger partial charge in [-0.1, -0.05) is 17.4 Å². The summed E-state index contributed by atoms with van der Waals surface area (Å²) in [5.41, 5.74) is 0.606. The Kier molecular flexibility index (Phi) is 3.33. The highest BCUT2D eigenvalue weighted by molar-refractivity contribution is 8.01. The van der Waals surface area contributed by atoms with Crippen LogP contribution in [0.1, 0.15) is 0 Å². The van der Waals surface area contributed by atoms with Crippen molar-refractivity contribution in [3.63, 3.8) is 0 Å². The molecule has 3 rings (SSSR count). The predicted molar refractivity (Wildman–Crippen MR) is 71.3 cm³/mol.